The van der Waals surface area contributed by atoms with E-state index in [1.165, 1.54) is 10.1 Å². The molecule has 1 aliphatic rings. The molecule has 4 aromatic rings. The molecule has 31 heavy (non-hydrogen) atoms. The number of nitrogens with zero attached hydrogens (tertiary/aromatic N) is 3. The van der Waals surface area contributed by atoms with E-state index in [-0.39, 0.29) is 11.6 Å². The molecule has 0 fully saturated rings. The molecule has 2 aromatic carbocycles. The van der Waals surface area contributed by atoms with E-state index in [0.29, 0.717) is 36.4 Å². The van der Waals surface area contributed by atoms with Gasteiger partial charge >= 0.3 is 6.03 Å². The van der Waals surface area contributed by atoms with Crippen LogP contribution in [-0.4, -0.2) is 32.1 Å². The van der Waals surface area contributed by atoms with Crippen molar-refractivity contribution < 1.29 is 4.79 Å². The first-order valence-electron chi connectivity index (χ1n) is 10.5. The fourth-order valence-electron chi connectivity index (χ4n) is 4.00. The normalized spacial score (nSPS) is 13.3. The molecule has 0 atom stereocenters. The van der Waals surface area contributed by atoms with E-state index in [1.54, 1.807) is 4.90 Å². The van der Waals surface area contributed by atoms with Gasteiger partial charge in [-0.1, -0.05) is 49.4 Å². The fraction of sp³-hybridized carbons (Fsp3) is 0.208. The van der Waals surface area contributed by atoms with E-state index in [1.807, 2.05) is 60.7 Å². The number of urea groups is 1. The minimum atomic E-state index is -0.181. The molecule has 3 heterocycles. The smallest absolute Gasteiger partial charge is 0.318 e. The summed E-state index contributed by atoms with van der Waals surface area (Å²) in [5, 5.41) is 6.12. The minimum Gasteiger partial charge on any atom is -0.318 e. The molecule has 7 nitrogen and oxygen atoms in total. The Morgan fingerprint density at radius 3 is 2.77 bits per heavy atom. The topological polar surface area (TPSA) is 82.5 Å². The van der Waals surface area contributed by atoms with E-state index in [0.717, 1.165) is 23.4 Å². The number of anilines is 1. The number of fused-ring (bicyclic) bond motifs is 2. The number of carbonyl (C=O) groups excluding carboxylic acids is 1. The van der Waals surface area contributed by atoms with E-state index < -0.39 is 0 Å². The number of aromatic nitrogens is 3. The van der Waals surface area contributed by atoms with Crippen LogP contribution in [0.2, 0.25) is 0 Å². The second-order valence-corrected chi connectivity index (χ2v) is 7.73. The monoisotopic (exact) mass is 413 g/mol. The summed E-state index contributed by atoms with van der Waals surface area (Å²) >= 11 is 0. The number of aromatic amines is 1. The van der Waals surface area contributed by atoms with Crippen LogP contribution in [0.4, 0.5) is 10.5 Å². The van der Waals surface area contributed by atoms with Crippen molar-refractivity contribution in [2.45, 2.75) is 26.3 Å². The molecule has 5 rings (SSSR count). The van der Waals surface area contributed by atoms with Crippen LogP contribution in [-0.2, 0) is 19.4 Å². The average molecular weight is 413 g/mol. The van der Waals surface area contributed by atoms with E-state index in [4.69, 9.17) is 4.98 Å². The molecule has 7 heteroatoms. The van der Waals surface area contributed by atoms with Crippen molar-refractivity contribution in [3.8, 4) is 11.3 Å². The van der Waals surface area contributed by atoms with Crippen molar-refractivity contribution in [2.75, 3.05) is 11.9 Å². The number of hydrogen-bond donors (Lipinski definition) is 2. The number of nitrogens with one attached hydrogen (secondary N) is 2. The summed E-state index contributed by atoms with van der Waals surface area (Å²) < 4.78 is 1.49. The molecule has 0 bridgehead atoms. The first-order valence-corrected chi connectivity index (χ1v) is 10.5. The molecule has 0 saturated heterocycles. The highest BCUT2D eigenvalue weighted by atomic mass is 16.2. The van der Waals surface area contributed by atoms with Gasteiger partial charge in [0.1, 0.15) is 0 Å². The van der Waals surface area contributed by atoms with Gasteiger partial charge in [-0.15, -0.1) is 0 Å². The molecule has 156 valence electrons. The maximum atomic E-state index is 13.0. The van der Waals surface area contributed by atoms with Crippen LogP contribution in [0, 0.1) is 0 Å². The zero-order valence-electron chi connectivity index (χ0n) is 17.3. The zero-order chi connectivity index (χ0) is 21.4. The van der Waals surface area contributed by atoms with Crippen LogP contribution in [0.25, 0.3) is 16.9 Å². The second kappa shape index (κ2) is 7.75. The lowest BCUT2D eigenvalue weighted by Crippen LogP contribution is -2.41. The largest absolute Gasteiger partial charge is 0.322 e. The van der Waals surface area contributed by atoms with Gasteiger partial charge in [0.05, 0.1) is 17.9 Å². The zero-order valence-corrected chi connectivity index (χ0v) is 17.3. The van der Waals surface area contributed by atoms with Gasteiger partial charge < -0.3 is 10.2 Å². The van der Waals surface area contributed by atoms with Crippen molar-refractivity contribution in [3.05, 3.63) is 87.8 Å². The quantitative estimate of drug-likeness (QED) is 0.535. The lowest BCUT2D eigenvalue weighted by molar-refractivity contribution is 0.205. The number of carbonyl (C=O) groups is 1. The highest BCUT2D eigenvalue weighted by Crippen LogP contribution is 2.21. The maximum Gasteiger partial charge on any atom is 0.322 e. The summed E-state index contributed by atoms with van der Waals surface area (Å²) in [7, 11) is 0. The molecule has 2 amide bonds. The van der Waals surface area contributed by atoms with Crippen molar-refractivity contribution in [3.63, 3.8) is 0 Å². The van der Waals surface area contributed by atoms with Gasteiger partial charge in [0.25, 0.3) is 5.56 Å². The first kappa shape index (κ1) is 19.1. The number of benzene rings is 2. The number of hydrogen-bond acceptors (Lipinski definition) is 3. The highest BCUT2D eigenvalue weighted by molar-refractivity contribution is 5.89. The third-order valence-electron chi connectivity index (χ3n) is 5.72. The van der Waals surface area contributed by atoms with Crippen molar-refractivity contribution in [2.24, 2.45) is 0 Å². The average Bonchev–Trinajstić information content (AvgIpc) is 3.24. The Hall–Kier alpha value is -3.87. The summed E-state index contributed by atoms with van der Waals surface area (Å²) in [6, 6.07) is 19.3. The van der Waals surface area contributed by atoms with Crippen LogP contribution in [0.15, 0.2) is 65.5 Å². The summed E-state index contributed by atoms with van der Waals surface area (Å²) in [6.07, 6.45) is 1.39. The summed E-state index contributed by atoms with van der Waals surface area (Å²) in [4.78, 5) is 32.2. The van der Waals surface area contributed by atoms with E-state index in [2.05, 4.69) is 17.3 Å². The number of rotatable bonds is 3. The van der Waals surface area contributed by atoms with Crippen LogP contribution in [0.3, 0.4) is 0 Å². The summed E-state index contributed by atoms with van der Waals surface area (Å²) in [5.74, 6) is 0. The molecule has 0 saturated carbocycles. The molecule has 0 radical (unpaired) electrons. The van der Waals surface area contributed by atoms with Crippen molar-refractivity contribution >= 4 is 17.4 Å². The standard InChI is InChI=1S/C24H23N5O2/c1-2-16-7-6-10-18(13-16)25-24(31)28-12-11-19-21(15-28)26-22-14-20(27-29(22)23(19)30)17-8-4-3-5-9-17/h3-10,13-14,27H,2,11-12,15H2,1H3,(H,25,31). The lowest BCUT2D eigenvalue weighted by Gasteiger charge is -2.27. The van der Waals surface area contributed by atoms with Crippen LogP contribution < -0.4 is 10.9 Å². The molecule has 2 N–H and O–H groups in total. The molecule has 1 aliphatic heterocycles. The highest BCUT2D eigenvalue weighted by Gasteiger charge is 2.25. The summed E-state index contributed by atoms with van der Waals surface area (Å²) in [6.45, 7) is 2.87. The van der Waals surface area contributed by atoms with Crippen LogP contribution in [0.1, 0.15) is 23.7 Å². The molecule has 0 aliphatic carbocycles. The third kappa shape index (κ3) is 3.59. The van der Waals surface area contributed by atoms with Gasteiger partial charge in [-0.2, -0.15) is 0 Å². The Morgan fingerprint density at radius 1 is 1.13 bits per heavy atom. The molecule has 0 unspecified atom stereocenters. The van der Waals surface area contributed by atoms with Crippen molar-refractivity contribution in [1.82, 2.24) is 19.5 Å². The van der Waals surface area contributed by atoms with E-state index in [9.17, 15) is 9.59 Å². The van der Waals surface area contributed by atoms with E-state index >= 15 is 0 Å². The summed E-state index contributed by atoms with van der Waals surface area (Å²) in [5.41, 5.74) is 5.54. The van der Waals surface area contributed by atoms with Gasteiger partial charge in [0, 0.05) is 23.9 Å². The third-order valence-corrected chi connectivity index (χ3v) is 5.72. The van der Waals surface area contributed by atoms with Gasteiger partial charge in [-0.05, 0) is 36.1 Å². The van der Waals surface area contributed by atoms with Crippen molar-refractivity contribution in [1.29, 1.82) is 0 Å². The lowest BCUT2D eigenvalue weighted by atomic mass is 10.1. The maximum absolute atomic E-state index is 13.0. The number of aryl methyl sites for hydroxylation is 1. The molecule has 2 aromatic heterocycles. The minimum absolute atomic E-state index is 0.0992. The Balaban J connectivity index is 1.42. The number of amides is 2. The van der Waals surface area contributed by atoms with Gasteiger partial charge in [-0.25, -0.2) is 14.3 Å². The Morgan fingerprint density at radius 2 is 1.97 bits per heavy atom. The van der Waals surface area contributed by atoms with Crippen LogP contribution >= 0.6 is 0 Å². The predicted molar refractivity (Wildman–Crippen MR) is 120 cm³/mol. The Kier molecular flexibility index (Phi) is 4.78. The molecule has 0 spiro atoms. The van der Waals surface area contributed by atoms with Crippen LogP contribution in [0.5, 0.6) is 0 Å². The predicted octanol–water partition coefficient (Wildman–Crippen LogP) is 3.84. The SMILES string of the molecule is CCc1cccc(NC(=O)N2CCc3c(nc4cc(-c5ccccc5)[nH]n4c3=O)C2)c1. The fourth-order valence-corrected chi connectivity index (χ4v) is 4.00. The second-order valence-electron chi connectivity index (χ2n) is 7.73. The van der Waals surface area contributed by atoms with Gasteiger partial charge in [-0.3, -0.25) is 9.89 Å². The Bertz CT molecular complexity index is 1320. The number of H-pyrrole nitrogens is 1. The molecular formula is C24H23N5O2. The Labute approximate surface area is 179 Å². The van der Waals surface area contributed by atoms with Gasteiger partial charge in [0.2, 0.25) is 0 Å². The first-order chi connectivity index (χ1) is 15.1. The molecular weight excluding hydrogens is 390 g/mol. The van der Waals surface area contributed by atoms with Gasteiger partial charge in [0.15, 0.2) is 5.65 Å².